The van der Waals surface area contributed by atoms with Gasteiger partial charge in [-0.2, -0.15) is 5.10 Å². The van der Waals surface area contributed by atoms with E-state index in [1.165, 1.54) is 0 Å². The second-order valence-electron chi connectivity index (χ2n) is 4.36. The topological polar surface area (TPSA) is 53.1 Å². The number of halogens is 1. The van der Waals surface area contributed by atoms with E-state index in [0.29, 0.717) is 16.6 Å². The average molecular weight is 310 g/mol. The molecule has 20 heavy (non-hydrogen) atoms. The number of hydrogen-bond acceptors (Lipinski definition) is 3. The van der Waals surface area contributed by atoms with Gasteiger partial charge in [0.2, 0.25) is 0 Å². The quantitative estimate of drug-likeness (QED) is 0.863. The number of nitrogens with zero attached hydrogens (tertiary/aromatic N) is 2. The van der Waals surface area contributed by atoms with Gasteiger partial charge in [-0.25, -0.2) is 0 Å². The molecular formula is C14H16ClN3OS. The third-order valence-corrected chi connectivity index (χ3v) is 3.69. The maximum Gasteiger partial charge on any atom is 0.131 e. The molecule has 0 aliphatic heterocycles. The number of aryl methyl sites for hydroxylation is 2. The first kappa shape index (κ1) is 14.8. The minimum absolute atomic E-state index is 0.370. The Labute approximate surface area is 128 Å². The van der Waals surface area contributed by atoms with Crippen molar-refractivity contribution in [1.82, 2.24) is 9.78 Å². The van der Waals surface area contributed by atoms with E-state index in [2.05, 4.69) is 5.10 Å². The molecule has 0 radical (unpaired) electrons. The monoisotopic (exact) mass is 309 g/mol. The van der Waals surface area contributed by atoms with E-state index in [9.17, 15) is 0 Å². The van der Waals surface area contributed by atoms with Crippen LogP contribution < -0.4 is 10.5 Å². The number of benzene rings is 1. The summed E-state index contributed by atoms with van der Waals surface area (Å²) >= 11 is 11.2. The summed E-state index contributed by atoms with van der Waals surface area (Å²) in [4.78, 5) is 0.374. The van der Waals surface area contributed by atoms with Crippen molar-refractivity contribution >= 4 is 28.8 Å². The zero-order valence-electron chi connectivity index (χ0n) is 11.4. The predicted octanol–water partition coefficient (Wildman–Crippen LogP) is 2.85. The summed E-state index contributed by atoms with van der Waals surface area (Å²) in [6, 6.07) is 7.33. The Balaban J connectivity index is 2.09. The molecule has 0 fully saturated rings. The van der Waals surface area contributed by atoms with Crippen LogP contribution in [0, 0.1) is 0 Å². The van der Waals surface area contributed by atoms with Gasteiger partial charge in [0.25, 0.3) is 0 Å². The summed E-state index contributed by atoms with van der Waals surface area (Å²) in [5, 5.41) is 5.03. The molecule has 2 aromatic rings. The van der Waals surface area contributed by atoms with E-state index < -0.39 is 0 Å². The van der Waals surface area contributed by atoms with Gasteiger partial charge in [-0.15, -0.1) is 0 Å². The summed E-state index contributed by atoms with van der Waals surface area (Å²) in [6.07, 6.45) is 0.801. The third-order valence-electron chi connectivity index (χ3n) is 3.02. The van der Waals surface area contributed by atoms with E-state index in [-0.39, 0.29) is 0 Å². The normalized spacial score (nSPS) is 10.6. The molecule has 6 heteroatoms. The minimum atomic E-state index is 0.370. The van der Waals surface area contributed by atoms with Gasteiger partial charge in [-0.3, -0.25) is 4.68 Å². The molecule has 1 heterocycles. The zero-order chi connectivity index (χ0) is 14.7. The number of nitrogens with two attached hydrogens (primary N) is 1. The smallest absolute Gasteiger partial charge is 0.131 e. The molecular weight excluding hydrogens is 294 g/mol. The van der Waals surface area contributed by atoms with Gasteiger partial charge < -0.3 is 10.5 Å². The predicted molar refractivity (Wildman–Crippen MR) is 84.3 cm³/mol. The Kier molecular flexibility index (Phi) is 4.62. The Morgan fingerprint density at radius 3 is 2.55 bits per heavy atom. The molecule has 0 bridgehead atoms. The second kappa shape index (κ2) is 6.24. The number of ether oxygens (including phenoxy) is 1. The Morgan fingerprint density at radius 1 is 1.40 bits per heavy atom. The van der Waals surface area contributed by atoms with E-state index in [0.717, 1.165) is 29.1 Å². The van der Waals surface area contributed by atoms with Gasteiger partial charge in [0.1, 0.15) is 17.3 Å². The van der Waals surface area contributed by atoms with Crippen LogP contribution in [0.25, 0.3) is 0 Å². The van der Waals surface area contributed by atoms with Crippen molar-refractivity contribution in [1.29, 1.82) is 0 Å². The van der Waals surface area contributed by atoms with Crippen molar-refractivity contribution in [2.24, 2.45) is 12.8 Å². The highest BCUT2D eigenvalue weighted by Crippen LogP contribution is 2.22. The molecule has 0 amide bonds. The average Bonchev–Trinajstić information content (AvgIpc) is 2.71. The summed E-state index contributed by atoms with van der Waals surface area (Å²) in [6.45, 7) is 2.39. The van der Waals surface area contributed by atoms with Crippen molar-refractivity contribution < 1.29 is 4.74 Å². The van der Waals surface area contributed by atoms with Gasteiger partial charge in [0.15, 0.2) is 0 Å². The summed E-state index contributed by atoms with van der Waals surface area (Å²) in [7, 11) is 1.86. The summed E-state index contributed by atoms with van der Waals surface area (Å²) < 4.78 is 7.47. The van der Waals surface area contributed by atoms with Crippen molar-refractivity contribution in [2.75, 3.05) is 0 Å². The Hall–Kier alpha value is -1.59. The molecule has 106 valence electrons. The Morgan fingerprint density at radius 2 is 2.05 bits per heavy atom. The van der Waals surface area contributed by atoms with E-state index in [4.69, 9.17) is 34.3 Å². The fourth-order valence-corrected chi connectivity index (χ4v) is 2.33. The van der Waals surface area contributed by atoms with Crippen LogP contribution in [0.5, 0.6) is 5.75 Å². The summed E-state index contributed by atoms with van der Waals surface area (Å²) in [5.74, 6) is 0.736. The lowest BCUT2D eigenvalue weighted by Crippen LogP contribution is -2.09. The summed E-state index contributed by atoms with van der Waals surface area (Å²) in [5.41, 5.74) is 8.12. The first-order chi connectivity index (χ1) is 9.52. The molecule has 2 rings (SSSR count). The SMILES string of the molecule is CCc1nn(C)c(COc2ccc(C(N)=S)cc2)c1Cl. The van der Waals surface area contributed by atoms with E-state index >= 15 is 0 Å². The highest BCUT2D eigenvalue weighted by molar-refractivity contribution is 7.80. The van der Waals surface area contributed by atoms with Crippen LogP contribution in [0.4, 0.5) is 0 Å². The maximum absolute atomic E-state index is 6.27. The van der Waals surface area contributed by atoms with Crippen LogP contribution in [-0.4, -0.2) is 14.8 Å². The van der Waals surface area contributed by atoms with E-state index in [1.807, 2.05) is 38.2 Å². The van der Waals surface area contributed by atoms with Crippen LogP contribution in [0.15, 0.2) is 24.3 Å². The van der Waals surface area contributed by atoms with Gasteiger partial charge >= 0.3 is 0 Å². The lowest BCUT2D eigenvalue weighted by molar-refractivity contribution is 0.295. The van der Waals surface area contributed by atoms with Gasteiger partial charge in [0, 0.05) is 12.6 Å². The lowest BCUT2D eigenvalue weighted by Gasteiger charge is -2.07. The van der Waals surface area contributed by atoms with Gasteiger partial charge in [0.05, 0.1) is 16.4 Å². The molecule has 0 spiro atoms. The number of thiocarbonyl (C=S) groups is 1. The second-order valence-corrected chi connectivity index (χ2v) is 5.18. The maximum atomic E-state index is 6.27. The van der Waals surface area contributed by atoms with Crippen molar-refractivity contribution in [3.8, 4) is 5.75 Å². The molecule has 0 saturated heterocycles. The van der Waals surface area contributed by atoms with Crippen molar-refractivity contribution in [3.05, 3.63) is 46.2 Å². The van der Waals surface area contributed by atoms with E-state index in [1.54, 1.807) is 4.68 Å². The molecule has 0 unspecified atom stereocenters. The first-order valence-electron chi connectivity index (χ1n) is 6.25. The fraction of sp³-hybridized carbons (Fsp3) is 0.286. The zero-order valence-corrected chi connectivity index (χ0v) is 13.0. The van der Waals surface area contributed by atoms with Crippen LogP contribution >= 0.6 is 23.8 Å². The largest absolute Gasteiger partial charge is 0.487 e. The van der Waals surface area contributed by atoms with Crippen LogP contribution in [0.1, 0.15) is 23.9 Å². The molecule has 0 aliphatic carbocycles. The molecule has 1 aromatic carbocycles. The molecule has 0 saturated carbocycles. The molecule has 0 atom stereocenters. The molecule has 4 nitrogen and oxygen atoms in total. The molecule has 0 aliphatic rings. The fourth-order valence-electron chi connectivity index (χ4n) is 1.84. The highest BCUT2D eigenvalue weighted by atomic mass is 35.5. The third kappa shape index (κ3) is 3.11. The first-order valence-corrected chi connectivity index (χ1v) is 7.04. The van der Waals surface area contributed by atoms with Crippen LogP contribution in [-0.2, 0) is 20.1 Å². The highest BCUT2D eigenvalue weighted by Gasteiger charge is 2.13. The van der Waals surface area contributed by atoms with Crippen LogP contribution in [0.2, 0.25) is 5.02 Å². The molecule has 1 aromatic heterocycles. The van der Waals surface area contributed by atoms with Crippen molar-refractivity contribution in [2.45, 2.75) is 20.0 Å². The Bertz CT molecular complexity index is 622. The molecule has 2 N–H and O–H groups in total. The van der Waals surface area contributed by atoms with Gasteiger partial charge in [-0.05, 0) is 30.7 Å². The minimum Gasteiger partial charge on any atom is -0.487 e. The number of aromatic nitrogens is 2. The van der Waals surface area contributed by atoms with Crippen LogP contribution in [0.3, 0.4) is 0 Å². The van der Waals surface area contributed by atoms with Gasteiger partial charge in [-0.1, -0.05) is 30.7 Å². The number of hydrogen-bond donors (Lipinski definition) is 1. The van der Waals surface area contributed by atoms with Crippen molar-refractivity contribution in [3.63, 3.8) is 0 Å². The lowest BCUT2D eigenvalue weighted by atomic mass is 10.2. The number of rotatable bonds is 5. The standard InChI is InChI=1S/C14H16ClN3OS/c1-3-11-13(15)12(18(2)17-11)8-19-10-6-4-9(5-7-10)14(16)20/h4-7H,3,8H2,1-2H3,(H2,16,20).